The molecular formula is C24H31N5O2. The summed E-state index contributed by atoms with van der Waals surface area (Å²) in [5.74, 6) is 0.944. The van der Waals surface area contributed by atoms with Crippen molar-refractivity contribution in [2.45, 2.75) is 51.5 Å². The van der Waals surface area contributed by atoms with Gasteiger partial charge in [-0.3, -0.25) is 15.0 Å². The van der Waals surface area contributed by atoms with Gasteiger partial charge in [-0.15, -0.1) is 0 Å². The number of amides is 1. The average molecular weight is 422 g/mol. The van der Waals surface area contributed by atoms with E-state index in [0.717, 1.165) is 36.8 Å². The van der Waals surface area contributed by atoms with Gasteiger partial charge in [0.2, 0.25) is 5.91 Å². The number of nitrogen functional groups attached to an aromatic ring is 2. The Kier molecular flexibility index (Phi) is 7.39. The first-order valence-corrected chi connectivity index (χ1v) is 10.8. The van der Waals surface area contributed by atoms with Crippen molar-refractivity contribution >= 4 is 23.3 Å². The van der Waals surface area contributed by atoms with Crippen LogP contribution in [0.3, 0.4) is 0 Å². The van der Waals surface area contributed by atoms with Crippen molar-refractivity contribution in [3.05, 3.63) is 59.3 Å². The first-order chi connectivity index (χ1) is 14.8. The molecule has 1 fully saturated rings. The van der Waals surface area contributed by atoms with Crippen LogP contribution in [-0.2, 0) is 22.4 Å². The monoisotopic (exact) mass is 421 g/mol. The van der Waals surface area contributed by atoms with Crippen molar-refractivity contribution in [2.75, 3.05) is 5.73 Å². The van der Waals surface area contributed by atoms with Crippen LogP contribution in [0.2, 0.25) is 0 Å². The highest BCUT2D eigenvalue weighted by atomic mass is 16.2. The van der Waals surface area contributed by atoms with E-state index in [1.54, 1.807) is 25.3 Å². The Hall–Kier alpha value is -3.22. The van der Waals surface area contributed by atoms with E-state index >= 15 is 0 Å². The summed E-state index contributed by atoms with van der Waals surface area (Å²) < 4.78 is 0. The van der Waals surface area contributed by atoms with Gasteiger partial charge in [0.15, 0.2) is 5.78 Å². The SMILES string of the molecule is C[C@H](NC(=O)[C@@H]1CC[C@@H](Cc2ccnc(N)c2)C1)C(=O)CCc1ccc(C(=N)N)cc1. The maximum Gasteiger partial charge on any atom is 0.223 e. The predicted molar refractivity (Wildman–Crippen MR) is 122 cm³/mol. The third-order valence-corrected chi connectivity index (χ3v) is 6.05. The second-order valence-electron chi connectivity index (χ2n) is 8.48. The smallest absolute Gasteiger partial charge is 0.223 e. The van der Waals surface area contributed by atoms with Gasteiger partial charge < -0.3 is 16.8 Å². The fourth-order valence-electron chi connectivity index (χ4n) is 4.20. The molecule has 3 rings (SSSR count). The number of aromatic nitrogens is 1. The van der Waals surface area contributed by atoms with Gasteiger partial charge in [-0.25, -0.2) is 4.98 Å². The quantitative estimate of drug-likeness (QED) is 0.365. The van der Waals surface area contributed by atoms with Gasteiger partial charge >= 0.3 is 0 Å². The lowest BCUT2D eigenvalue weighted by molar-refractivity contribution is -0.129. The largest absolute Gasteiger partial charge is 0.384 e. The summed E-state index contributed by atoms with van der Waals surface area (Å²) in [6, 6.07) is 10.7. The third-order valence-electron chi connectivity index (χ3n) is 6.05. The third kappa shape index (κ3) is 6.38. The molecule has 0 radical (unpaired) electrons. The topological polar surface area (TPSA) is 135 Å². The molecule has 1 aromatic carbocycles. The minimum atomic E-state index is -0.497. The molecule has 1 saturated carbocycles. The van der Waals surface area contributed by atoms with Crippen molar-refractivity contribution in [1.29, 1.82) is 5.41 Å². The maximum atomic E-state index is 12.7. The van der Waals surface area contributed by atoms with E-state index in [9.17, 15) is 9.59 Å². The number of carbonyl (C=O) groups excluding carboxylic acids is 2. The molecule has 7 heteroatoms. The van der Waals surface area contributed by atoms with Crippen LogP contribution in [0.25, 0.3) is 0 Å². The number of carbonyl (C=O) groups is 2. The number of hydrogen-bond acceptors (Lipinski definition) is 5. The molecule has 1 aromatic heterocycles. The zero-order valence-electron chi connectivity index (χ0n) is 17.9. The molecule has 164 valence electrons. The number of nitrogens with two attached hydrogens (primary N) is 2. The summed E-state index contributed by atoms with van der Waals surface area (Å²) in [7, 11) is 0. The first kappa shape index (κ1) is 22.5. The number of anilines is 1. The number of pyridine rings is 1. The number of nitrogens with zero attached hydrogens (tertiary/aromatic N) is 1. The summed E-state index contributed by atoms with van der Waals surface area (Å²) in [5, 5.41) is 10.3. The molecule has 1 amide bonds. The number of nitrogens with one attached hydrogen (secondary N) is 2. The van der Waals surface area contributed by atoms with Gasteiger partial charge in [0.1, 0.15) is 11.7 Å². The van der Waals surface area contributed by atoms with Gasteiger partial charge in [-0.05, 0) is 68.2 Å². The number of benzene rings is 1. The lowest BCUT2D eigenvalue weighted by Crippen LogP contribution is -2.41. The average Bonchev–Trinajstić information content (AvgIpc) is 3.20. The molecule has 2 aromatic rings. The van der Waals surface area contributed by atoms with Gasteiger partial charge in [0, 0.05) is 24.1 Å². The number of ketones is 1. The van der Waals surface area contributed by atoms with Crippen LogP contribution >= 0.6 is 0 Å². The van der Waals surface area contributed by atoms with E-state index in [1.807, 2.05) is 24.3 Å². The molecule has 31 heavy (non-hydrogen) atoms. The van der Waals surface area contributed by atoms with Gasteiger partial charge in [-0.1, -0.05) is 24.3 Å². The van der Waals surface area contributed by atoms with Crippen molar-refractivity contribution in [3.8, 4) is 0 Å². The van der Waals surface area contributed by atoms with Gasteiger partial charge in [-0.2, -0.15) is 0 Å². The number of amidine groups is 1. The Labute approximate surface area is 183 Å². The number of aryl methyl sites for hydroxylation is 1. The second kappa shape index (κ2) is 10.2. The Morgan fingerprint density at radius 2 is 1.94 bits per heavy atom. The van der Waals surface area contributed by atoms with Crippen molar-refractivity contribution in [1.82, 2.24) is 10.3 Å². The van der Waals surface area contributed by atoms with E-state index in [-0.39, 0.29) is 23.4 Å². The molecule has 6 N–H and O–H groups in total. The van der Waals surface area contributed by atoms with E-state index in [2.05, 4.69) is 10.3 Å². The van der Waals surface area contributed by atoms with Crippen molar-refractivity contribution in [3.63, 3.8) is 0 Å². The highest BCUT2D eigenvalue weighted by Gasteiger charge is 2.31. The Bertz CT molecular complexity index is 941. The Balaban J connectivity index is 1.43. The minimum absolute atomic E-state index is 0.0193. The summed E-state index contributed by atoms with van der Waals surface area (Å²) in [6.07, 6.45) is 6.24. The molecule has 0 unspecified atom stereocenters. The van der Waals surface area contributed by atoms with Crippen molar-refractivity contribution in [2.24, 2.45) is 17.6 Å². The van der Waals surface area contributed by atoms with Crippen LogP contribution in [-0.4, -0.2) is 28.6 Å². The van der Waals surface area contributed by atoms with E-state index in [1.165, 1.54) is 0 Å². The summed E-state index contributed by atoms with van der Waals surface area (Å²) >= 11 is 0. The predicted octanol–water partition coefficient (Wildman–Crippen LogP) is 2.61. The van der Waals surface area contributed by atoms with Crippen LogP contribution in [0.4, 0.5) is 5.82 Å². The fourth-order valence-corrected chi connectivity index (χ4v) is 4.20. The molecule has 3 atom stereocenters. The van der Waals surface area contributed by atoms with Gasteiger partial charge in [0.05, 0.1) is 6.04 Å². The Morgan fingerprint density at radius 1 is 1.19 bits per heavy atom. The number of Topliss-reactive ketones (excluding diaryl/α,β-unsaturated/α-hetero) is 1. The molecule has 0 spiro atoms. The van der Waals surface area contributed by atoms with Crippen LogP contribution in [0.5, 0.6) is 0 Å². The first-order valence-electron chi connectivity index (χ1n) is 10.8. The van der Waals surface area contributed by atoms with Crippen LogP contribution in [0, 0.1) is 17.2 Å². The second-order valence-corrected chi connectivity index (χ2v) is 8.48. The molecule has 0 bridgehead atoms. The van der Waals surface area contributed by atoms with E-state index in [4.69, 9.17) is 16.9 Å². The molecular weight excluding hydrogens is 390 g/mol. The van der Waals surface area contributed by atoms with Crippen LogP contribution in [0.15, 0.2) is 42.6 Å². The standard InChI is InChI=1S/C24H31N5O2/c1-15(21(30)9-5-16-2-6-19(7-3-16)23(26)27)29-24(31)20-8-4-17(13-20)12-18-10-11-28-22(25)14-18/h2-3,6-7,10-11,14-15,17,20H,4-5,8-9,12-13H2,1H3,(H2,25,28)(H3,26,27)(H,29,31)/t15-,17-,20+/m0/s1. The highest BCUT2D eigenvalue weighted by molar-refractivity contribution is 5.95. The van der Waals surface area contributed by atoms with E-state index < -0.39 is 6.04 Å². The zero-order chi connectivity index (χ0) is 22.4. The normalized spacial score (nSPS) is 19.0. The highest BCUT2D eigenvalue weighted by Crippen LogP contribution is 2.33. The van der Waals surface area contributed by atoms with Gasteiger partial charge in [0.25, 0.3) is 0 Å². The maximum absolute atomic E-state index is 12.7. The van der Waals surface area contributed by atoms with Crippen LogP contribution < -0.4 is 16.8 Å². The molecule has 1 heterocycles. The van der Waals surface area contributed by atoms with E-state index in [0.29, 0.717) is 30.1 Å². The molecule has 0 saturated heterocycles. The molecule has 1 aliphatic carbocycles. The lowest BCUT2D eigenvalue weighted by Gasteiger charge is -2.17. The fraction of sp³-hybridized carbons (Fsp3) is 0.417. The lowest BCUT2D eigenvalue weighted by atomic mass is 9.96. The minimum Gasteiger partial charge on any atom is -0.384 e. The zero-order valence-corrected chi connectivity index (χ0v) is 17.9. The summed E-state index contributed by atoms with van der Waals surface area (Å²) in [4.78, 5) is 29.2. The molecule has 1 aliphatic rings. The summed E-state index contributed by atoms with van der Waals surface area (Å²) in [5.41, 5.74) is 14.0. The summed E-state index contributed by atoms with van der Waals surface area (Å²) in [6.45, 7) is 1.76. The van der Waals surface area contributed by atoms with Crippen LogP contribution in [0.1, 0.15) is 49.3 Å². The molecule has 7 nitrogen and oxygen atoms in total. The Morgan fingerprint density at radius 3 is 2.61 bits per heavy atom. The van der Waals surface area contributed by atoms with Crippen molar-refractivity contribution < 1.29 is 9.59 Å². The number of hydrogen-bond donors (Lipinski definition) is 4. The number of rotatable bonds is 9. The molecule has 0 aliphatic heterocycles.